The fourth-order valence-electron chi connectivity index (χ4n) is 8.16. The van der Waals surface area contributed by atoms with E-state index in [9.17, 15) is 0 Å². The second-order valence-corrected chi connectivity index (χ2v) is 13.7. The Labute approximate surface area is 309 Å². The predicted octanol–water partition coefficient (Wildman–Crippen LogP) is 14.8. The zero-order chi connectivity index (χ0) is 35.1. The lowest BCUT2D eigenvalue weighted by Crippen LogP contribution is -2.11. The van der Waals surface area contributed by atoms with Crippen LogP contribution in [0.25, 0.3) is 76.5 Å². The fourth-order valence-corrected chi connectivity index (χ4v) is 8.16. The maximum Gasteiger partial charge on any atom is 0.0540 e. The molecule has 0 fully saturated rings. The van der Waals surface area contributed by atoms with Crippen LogP contribution in [0.5, 0.6) is 0 Å². The minimum atomic E-state index is 1.11. The number of rotatable bonds is 6. The maximum atomic E-state index is 2.44. The first-order valence-electron chi connectivity index (χ1n) is 18.3. The molecule has 0 radical (unpaired) electrons. The van der Waals surface area contributed by atoms with E-state index < -0.39 is 0 Å². The summed E-state index contributed by atoms with van der Waals surface area (Å²) in [5.41, 5.74) is 10.5. The predicted molar refractivity (Wildman–Crippen MR) is 227 cm³/mol. The third-order valence-corrected chi connectivity index (χ3v) is 10.6. The zero-order valence-electron chi connectivity index (χ0n) is 29.2. The Morgan fingerprint density at radius 2 is 0.736 bits per heavy atom. The Morgan fingerprint density at radius 3 is 1.51 bits per heavy atom. The van der Waals surface area contributed by atoms with E-state index in [0.717, 1.165) is 17.1 Å². The van der Waals surface area contributed by atoms with Crippen molar-refractivity contribution in [2.24, 2.45) is 0 Å². The van der Waals surface area contributed by atoms with Crippen molar-refractivity contribution in [3.63, 3.8) is 0 Å². The van der Waals surface area contributed by atoms with Crippen LogP contribution in [0.1, 0.15) is 0 Å². The number of hydrogen-bond donors (Lipinski definition) is 0. The van der Waals surface area contributed by atoms with Crippen LogP contribution in [0.15, 0.2) is 212 Å². The molecule has 1 heteroatoms. The number of para-hydroxylation sites is 1. The molecule has 248 valence electrons. The Kier molecular flexibility index (Phi) is 7.55. The SMILES string of the molecule is c1ccc(-c2cccc(N(c3ccc4c5ccccc5c5ccccc5c4c3)c3ccccc3-c3cccc(-c4cccc5ccccc45)c3)c2)cc1. The summed E-state index contributed by atoms with van der Waals surface area (Å²) < 4.78 is 0. The molecule has 0 spiro atoms. The van der Waals surface area contributed by atoms with E-state index in [1.165, 1.54) is 76.5 Å². The smallest absolute Gasteiger partial charge is 0.0540 e. The third kappa shape index (κ3) is 5.42. The van der Waals surface area contributed by atoms with E-state index in [1.54, 1.807) is 0 Å². The molecule has 0 amide bonds. The molecule has 0 heterocycles. The molecule has 10 rings (SSSR count). The summed E-state index contributed by atoms with van der Waals surface area (Å²) >= 11 is 0. The van der Waals surface area contributed by atoms with Gasteiger partial charge in [0.15, 0.2) is 0 Å². The molecule has 0 aromatic heterocycles. The normalized spacial score (nSPS) is 11.4. The largest absolute Gasteiger partial charge is 0.310 e. The second-order valence-electron chi connectivity index (χ2n) is 13.7. The lowest BCUT2D eigenvalue weighted by molar-refractivity contribution is 1.29. The van der Waals surface area contributed by atoms with Crippen LogP contribution in [0, 0.1) is 0 Å². The molecule has 0 saturated carbocycles. The lowest BCUT2D eigenvalue weighted by Gasteiger charge is -2.29. The molecule has 0 saturated heterocycles. The van der Waals surface area contributed by atoms with Crippen LogP contribution < -0.4 is 4.90 Å². The first-order chi connectivity index (χ1) is 26.3. The van der Waals surface area contributed by atoms with Crippen LogP contribution in [0.4, 0.5) is 17.1 Å². The van der Waals surface area contributed by atoms with Crippen molar-refractivity contribution in [2.75, 3.05) is 4.90 Å². The molecule has 0 aliphatic heterocycles. The average Bonchev–Trinajstić information content (AvgIpc) is 3.24. The molecular formula is C52H35N. The number of nitrogens with zero attached hydrogens (tertiary/aromatic N) is 1. The topological polar surface area (TPSA) is 3.24 Å². The van der Waals surface area contributed by atoms with E-state index in [2.05, 4.69) is 217 Å². The van der Waals surface area contributed by atoms with E-state index in [-0.39, 0.29) is 0 Å². The van der Waals surface area contributed by atoms with Crippen LogP contribution in [0.2, 0.25) is 0 Å². The molecule has 10 aromatic carbocycles. The van der Waals surface area contributed by atoms with Gasteiger partial charge in [0.1, 0.15) is 0 Å². The first-order valence-corrected chi connectivity index (χ1v) is 18.3. The van der Waals surface area contributed by atoms with Gasteiger partial charge in [0.05, 0.1) is 5.69 Å². The lowest BCUT2D eigenvalue weighted by atomic mass is 9.93. The summed E-state index contributed by atoms with van der Waals surface area (Å²) in [6, 6.07) is 77.3. The summed E-state index contributed by atoms with van der Waals surface area (Å²) in [5, 5.41) is 10.1. The molecule has 10 aromatic rings. The van der Waals surface area contributed by atoms with Gasteiger partial charge in [-0.25, -0.2) is 0 Å². The highest BCUT2D eigenvalue weighted by Gasteiger charge is 2.20. The van der Waals surface area contributed by atoms with Crippen molar-refractivity contribution in [3.8, 4) is 33.4 Å². The Bertz CT molecular complexity index is 2920. The van der Waals surface area contributed by atoms with Crippen molar-refractivity contribution < 1.29 is 0 Å². The molecule has 0 aliphatic carbocycles. The number of hydrogen-bond acceptors (Lipinski definition) is 1. The Morgan fingerprint density at radius 1 is 0.245 bits per heavy atom. The zero-order valence-corrected chi connectivity index (χ0v) is 29.2. The number of fused-ring (bicyclic) bond motifs is 7. The fraction of sp³-hybridized carbons (Fsp3) is 0. The van der Waals surface area contributed by atoms with Gasteiger partial charge in [0.25, 0.3) is 0 Å². The number of anilines is 3. The summed E-state index contributed by atoms with van der Waals surface area (Å²) in [7, 11) is 0. The van der Waals surface area contributed by atoms with Gasteiger partial charge in [0.2, 0.25) is 0 Å². The summed E-state index contributed by atoms with van der Waals surface area (Å²) in [5.74, 6) is 0. The van der Waals surface area contributed by atoms with E-state index in [1.807, 2.05) is 0 Å². The van der Waals surface area contributed by atoms with Crippen molar-refractivity contribution in [1.82, 2.24) is 0 Å². The van der Waals surface area contributed by atoms with Crippen molar-refractivity contribution in [2.45, 2.75) is 0 Å². The van der Waals surface area contributed by atoms with Gasteiger partial charge in [-0.3, -0.25) is 0 Å². The van der Waals surface area contributed by atoms with Crippen LogP contribution >= 0.6 is 0 Å². The van der Waals surface area contributed by atoms with Gasteiger partial charge in [-0.15, -0.1) is 0 Å². The van der Waals surface area contributed by atoms with Gasteiger partial charge >= 0.3 is 0 Å². The van der Waals surface area contributed by atoms with Crippen LogP contribution in [-0.2, 0) is 0 Å². The molecule has 0 aliphatic rings. The second kappa shape index (κ2) is 13.0. The van der Waals surface area contributed by atoms with E-state index >= 15 is 0 Å². The summed E-state index contributed by atoms with van der Waals surface area (Å²) in [6.45, 7) is 0. The highest BCUT2D eigenvalue weighted by molar-refractivity contribution is 6.25. The molecule has 0 atom stereocenters. The van der Waals surface area contributed by atoms with Gasteiger partial charge in [-0.2, -0.15) is 0 Å². The highest BCUT2D eigenvalue weighted by Crippen LogP contribution is 2.45. The molecule has 0 unspecified atom stereocenters. The molecular weight excluding hydrogens is 639 g/mol. The quantitative estimate of drug-likeness (QED) is 0.159. The van der Waals surface area contributed by atoms with E-state index in [0.29, 0.717) is 0 Å². The van der Waals surface area contributed by atoms with Gasteiger partial charge in [-0.05, 0) is 107 Å². The van der Waals surface area contributed by atoms with Crippen molar-refractivity contribution in [3.05, 3.63) is 212 Å². The van der Waals surface area contributed by atoms with Crippen molar-refractivity contribution >= 4 is 60.2 Å². The molecule has 0 bridgehead atoms. The Balaban J connectivity index is 1.21. The first kappa shape index (κ1) is 30.8. The minimum absolute atomic E-state index is 1.11. The summed E-state index contributed by atoms with van der Waals surface area (Å²) in [6.07, 6.45) is 0. The van der Waals surface area contributed by atoms with E-state index in [4.69, 9.17) is 0 Å². The highest BCUT2D eigenvalue weighted by atomic mass is 15.1. The average molecular weight is 674 g/mol. The monoisotopic (exact) mass is 673 g/mol. The van der Waals surface area contributed by atoms with Crippen LogP contribution in [0.3, 0.4) is 0 Å². The third-order valence-electron chi connectivity index (χ3n) is 10.6. The Hall–Kier alpha value is -6.96. The maximum absolute atomic E-state index is 2.44. The van der Waals surface area contributed by atoms with Gasteiger partial charge < -0.3 is 4.90 Å². The minimum Gasteiger partial charge on any atom is -0.310 e. The standard InChI is InChI=1S/C52H35N/c1-2-15-36(16-3-1)38-19-13-22-41(34-38)53(42-31-32-50-48-27-7-6-25-46(48)47-26-8-9-28-49(47)51(50)35-42)52-30-11-10-24-45(52)40-21-12-20-39(33-40)44-29-14-18-37-17-4-5-23-43(37)44/h1-35H. The molecule has 53 heavy (non-hydrogen) atoms. The van der Waals surface area contributed by atoms with Gasteiger partial charge in [0, 0.05) is 16.9 Å². The summed E-state index contributed by atoms with van der Waals surface area (Å²) in [4.78, 5) is 2.44. The molecule has 0 N–H and O–H groups in total. The number of benzene rings is 10. The molecule has 1 nitrogen and oxygen atoms in total. The van der Waals surface area contributed by atoms with Crippen LogP contribution in [-0.4, -0.2) is 0 Å². The van der Waals surface area contributed by atoms with Crippen molar-refractivity contribution in [1.29, 1.82) is 0 Å². The van der Waals surface area contributed by atoms with Gasteiger partial charge in [-0.1, -0.05) is 176 Å².